The Kier molecular flexibility index (Phi) is 3.51. The van der Waals surface area contributed by atoms with E-state index in [1.54, 1.807) is 11.1 Å². The first-order chi connectivity index (χ1) is 8.83. The average molecular weight is 241 g/mol. The van der Waals surface area contributed by atoms with Gasteiger partial charge in [-0.25, -0.2) is 0 Å². The Balaban J connectivity index is 1.62. The summed E-state index contributed by atoms with van der Waals surface area (Å²) in [7, 11) is 0. The maximum atomic E-state index is 3.80. The van der Waals surface area contributed by atoms with Crippen LogP contribution in [0.25, 0.3) is 0 Å². The molecule has 3 rings (SSSR count). The van der Waals surface area contributed by atoms with Gasteiger partial charge in [0.1, 0.15) is 0 Å². The van der Waals surface area contributed by atoms with E-state index in [-0.39, 0.29) is 0 Å². The van der Waals surface area contributed by atoms with Crippen molar-refractivity contribution in [2.24, 2.45) is 5.92 Å². The Morgan fingerprint density at radius 3 is 3.00 bits per heavy atom. The van der Waals surface area contributed by atoms with Gasteiger partial charge in [0.2, 0.25) is 0 Å². The number of fused-ring (bicyclic) bond motifs is 1. The van der Waals surface area contributed by atoms with Crippen molar-refractivity contribution in [3.63, 3.8) is 0 Å². The van der Waals surface area contributed by atoms with Crippen molar-refractivity contribution in [1.29, 1.82) is 0 Å². The molecule has 96 valence electrons. The first-order valence-corrected chi connectivity index (χ1v) is 7.31. The van der Waals surface area contributed by atoms with Crippen LogP contribution in [0.3, 0.4) is 0 Å². The molecule has 0 saturated carbocycles. The van der Waals surface area contributed by atoms with E-state index >= 15 is 0 Å². The van der Waals surface area contributed by atoms with Crippen molar-refractivity contribution in [1.82, 2.24) is 5.32 Å². The van der Waals surface area contributed by atoms with Crippen LogP contribution in [0.5, 0.6) is 0 Å². The average Bonchev–Trinajstić information content (AvgIpc) is 2.80. The largest absolute Gasteiger partial charge is 0.310 e. The van der Waals surface area contributed by atoms with Crippen molar-refractivity contribution in [3.8, 4) is 0 Å². The highest BCUT2D eigenvalue weighted by Crippen LogP contribution is 2.32. The minimum Gasteiger partial charge on any atom is -0.310 e. The van der Waals surface area contributed by atoms with E-state index in [4.69, 9.17) is 0 Å². The molecule has 0 heterocycles. The van der Waals surface area contributed by atoms with E-state index in [9.17, 15) is 0 Å². The van der Waals surface area contributed by atoms with Gasteiger partial charge in [-0.1, -0.05) is 35.9 Å². The van der Waals surface area contributed by atoms with E-state index in [1.165, 1.54) is 44.2 Å². The summed E-state index contributed by atoms with van der Waals surface area (Å²) in [5.74, 6) is 0.851. The predicted molar refractivity (Wildman–Crippen MR) is 76.7 cm³/mol. The quantitative estimate of drug-likeness (QED) is 0.791. The van der Waals surface area contributed by atoms with Crippen LogP contribution in [-0.4, -0.2) is 6.54 Å². The number of benzene rings is 1. The molecule has 0 aromatic heterocycles. The highest BCUT2D eigenvalue weighted by Gasteiger charge is 2.22. The van der Waals surface area contributed by atoms with E-state index in [0.29, 0.717) is 6.04 Å². The van der Waals surface area contributed by atoms with Crippen LogP contribution in [-0.2, 0) is 6.42 Å². The molecule has 0 aliphatic heterocycles. The molecule has 0 fully saturated rings. The van der Waals surface area contributed by atoms with Crippen LogP contribution in [0.1, 0.15) is 48.4 Å². The van der Waals surface area contributed by atoms with E-state index < -0.39 is 0 Å². The molecule has 2 aliphatic rings. The van der Waals surface area contributed by atoms with Crippen LogP contribution in [0, 0.1) is 12.8 Å². The standard InChI is InChI=1S/C17H23N/c1-13-7-8-15-9-10-17(16(15)11-13)18-12-14-5-3-2-4-6-14/h2-3,7-8,11,14,17-18H,4-6,9-10,12H2,1H3. The van der Waals surface area contributed by atoms with Crippen molar-refractivity contribution in [3.05, 3.63) is 47.0 Å². The van der Waals surface area contributed by atoms with Crippen LogP contribution >= 0.6 is 0 Å². The van der Waals surface area contributed by atoms with Gasteiger partial charge in [-0.2, -0.15) is 0 Å². The topological polar surface area (TPSA) is 12.0 Å². The number of hydrogen-bond acceptors (Lipinski definition) is 1. The molecule has 0 radical (unpaired) electrons. The predicted octanol–water partition coefficient (Wildman–Crippen LogP) is 3.93. The molecule has 1 aromatic carbocycles. The van der Waals surface area contributed by atoms with Crippen molar-refractivity contribution < 1.29 is 0 Å². The molecule has 1 heteroatoms. The number of hydrogen-bond donors (Lipinski definition) is 1. The Labute approximate surface area is 110 Å². The Morgan fingerprint density at radius 1 is 1.22 bits per heavy atom. The van der Waals surface area contributed by atoms with Crippen molar-refractivity contribution >= 4 is 0 Å². The summed E-state index contributed by atoms with van der Waals surface area (Å²) in [6.45, 7) is 3.38. The number of aryl methyl sites for hydroxylation is 2. The minimum atomic E-state index is 0.603. The molecule has 0 amide bonds. The lowest BCUT2D eigenvalue weighted by Gasteiger charge is -2.22. The van der Waals surface area contributed by atoms with E-state index in [1.807, 2.05) is 0 Å². The number of rotatable bonds is 3. The highest BCUT2D eigenvalue weighted by molar-refractivity contribution is 5.37. The molecule has 0 saturated heterocycles. The SMILES string of the molecule is Cc1ccc2c(c1)C(NCC1CC=CCC1)CC2. The van der Waals surface area contributed by atoms with Gasteiger partial charge in [-0.15, -0.1) is 0 Å². The zero-order valence-corrected chi connectivity index (χ0v) is 11.3. The summed E-state index contributed by atoms with van der Waals surface area (Å²) in [6.07, 6.45) is 11.1. The Bertz CT molecular complexity index is 447. The molecule has 2 aliphatic carbocycles. The Hall–Kier alpha value is -1.08. The molecule has 2 unspecified atom stereocenters. The lowest BCUT2D eigenvalue weighted by molar-refractivity contribution is 0.404. The number of nitrogens with one attached hydrogen (secondary N) is 1. The van der Waals surface area contributed by atoms with Gasteiger partial charge in [0, 0.05) is 6.04 Å². The monoisotopic (exact) mass is 241 g/mol. The smallest absolute Gasteiger partial charge is 0.0326 e. The van der Waals surface area contributed by atoms with Crippen molar-refractivity contribution in [2.45, 2.75) is 45.1 Å². The fourth-order valence-corrected chi connectivity index (χ4v) is 3.28. The van der Waals surface area contributed by atoms with E-state index in [2.05, 4.69) is 42.6 Å². The summed E-state index contributed by atoms with van der Waals surface area (Å²) >= 11 is 0. The van der Waals surface area contributed by atoms with Gasteiger partial charge in [0.25, 0.3) is 0 Å². The molecule has 0 bridgehead atoms. The fraction of sp³-hybridized carbons (Fsp3) is 0.529. The van der Waals surface area contributed by atoms with Crippen molar-refractivity contribution in [2.75, 3.05) is 6.54 Å². The molecule has 18 heavy (non-hydrogen) atoms. The summed E-state index contributed by atoms with van der Waals surface area (Å²) in [6, 6.07) is 7.54. The molecule has 2 atom stereocenters. The second kappa shape index (κ2) is 5.27. The third-order valence-corrected chi connectivity index (χ3v) is 4.41. The van der Waals surface area contributed by atoms with Gasteiger partial charge in [0.15, 0.2) is 0 Å². The second-order valence-electron chi connectivity index (χ2n) is 5.85. The summed E-state index contributed by atoms with van der Waals surface area (Å²) < 4.78 is 0. The second-order valence-corrected chi connectivity index (χ2v) is 5.85. The van der Waals surface area contributed by atoms with Crippen LogP contribution in [0.2, 0.25) is 0 Å². The molecular weight excluding hydrogens is 218 g/mol. The third-order valence-electron chi connectivity index (χ3n) is 4.41. The van der Waals surface area contributed by atoms with Gasteiger partial charge in [-0.05, 0) is 62.6 Å². The van der Waals surface area contributed by atoms with Gasteiger partial charge in [-0.3, -0.25) is 0 Å². The molecule has 1 aromatic rings. The van der Waals surface area contributed by atoms with Crippen LogP contribution < -0.4 is 5.32 Å². The van der Waals surface area contributed by atoms with E-state index in [0.717, 1.165) is 5.92 Å². The summed E-state index contributed by atoms with van der Waals surface area (Å²) in [4.78, 5) is 0. The molecule has 1 nitrogen and oxygen atoms in total. The highest BCUT2D eigenvalue weighted by atomic mass is 14.9. The zero-order chi connectivity index (χ0) is 12.4. The van der Waals surface area contributed by atoms with Gasteiger partial charge >= 0.3 is 0 Å². The maximum absolute atomic E-state index is 3.80. The van der Waals surface area contributed by atoms with Gasteiger partial charge in [0.05, 0.1) is 0 Å². The third kappa shape index (κ3) is 2.51. The lowest BCUT2D eigenvalue weighted by atomic mass is 9.94. The molecule has 0 spiro atoms. The van der Waals surface area contributed by atoms with Crippen LogP contribution in [0.4, 0.5) is 0 Å². The molecular formula is C17H23N. The molecule has 1 N–H and O–H groups in total. The fourth-order valence-electron chi connectivity index (χ4n) is 3.28. The lowest BCUT2D eigenvalue weighted by Crippen LogP contribution is -2.26. The number of allylic oxidation sites excluding steroid dienone is 2. The maximum Gasteiger partial charge on any atom is 0.0326 e. The van der Waals surface area contributed by atoms with Crippen LogP contribution in [0.15, 0.2) is 30.4 Å². The summed E-state index contributed by atoms with van der Waals surface area (Å²) in [5, 5.41) is 3.80. The summed E-state index contributed by atoms with van der Waals surface area (Å²) in [5.41, 5.74) is 4.51. The van der Waals surface area contributed by atoms with Gasteiger partial charge < -0.3 is 5.32 Å². The zero-order valence-electron chi connectivity index (χ0n) is 11.3. The first kappa shape index (κ1) is 12.0. The minimum absolute atomic E-state index is 0.603. The Morgan fingerprint density at radius 2 is 2.17 bits per heavy atom. The first-order valence-electron chi connectivity index (χ1n) is 7.31. The normalized spacial score (nSPS) is 26.3.